The average molecular weight is 306 g/mol. The van der Waals surface area contributed by atoms with Crippen LogP contribution in [-0.2, 0) is 6.54 Å². The summed E-state index contributed by atoms with van der Waals surface area (Å²) in [4.78, 5) is 0. The zero-order valence-electron chi connectivity index (χ0n) is 10.5. The number of rotatable bonds is 3. The van der Waals surface area contributed by atoms with Gasteiger partial charge < -0.3 is 10.5 Å². The van der Waals surface area contributed by atoms with Gasteiger partial charge in [0.05, 0.1) is 0 Å². The quantitative estimate of drug-likeness (QED) is 0.916. The number of hydrogen-bond donors (Lipinski definition) is 1. The number of nitrogens with two attached hydrogens (primary N) is 1. The molecule has 2 aromatic rings. The zero-order valence-corrected chi connectivity index (χ0v) is 12.1. The first kappa shape index (κ1) is 13.1. The maximum Gasteiger partial charge on any atom is 0.133 e. The molecule has 3 heteroatoms. The summed E-state index contributed by atoms with van der Waals surface area (Å²) in [7, 11) is 0. The molecule has 18 heavy (non-hydrogen) atoms. The van der Waals surface area contributed by atoms with Crippen molar-refractivity contribution in [3.05, 3.63) is 57.6 Å². The van der Waals surface area contributed by atoms with E-state index in [1.54, 1.807) is 0 Å². The molecule has 0 radical (unpaired) electrons. The molecule has 0 heterocycles. The Bertz CT molecular complexity index is 546. The van der Waals surface area contributed by atoms with E-state index in [0.717, 1.165) is 21.5 Å². The minimum Gasteiger partial charge on any atom is -0.457 e. The van der Waals surface area contributed by atoms with Gasteiger partial charge in [-0.05, 0) is 49.2 Å². The van der Waals surface area contributed by atoms with Crippen LogP contribution < -0.4 is 10.5 Å². The van der Waals surface area contributed by atoms with Crippen molar-refractivity contribution in [2.24, 2.45) is 5.73 Å². The average Bonchev–Trinajstić information content (AvgIpc) is 2.27. The first-order valence-electron chi connectivity index (χ1n) is 5.84. The van der Waals surface area contributed by atoms with Crippen molar-refractivity contribution in [2.45, 2.75) is 20.4 Å². The summed E-state index contributed by atoms with van der Waals surface area (Å²) < 4.78 is 6.91. The lowest BCUT2D eigenvalue weighted by Crippen LogP contribution is -2.00. The Labute approximate surface area is 116 Å². The molecule has 0 aromatic heterocycles. The molecule has 0 atom stereocenters. The highest BCUT2D eigenvalue weighted by atomic mass is 79.9. The molecule has 0 aliphatic heterocycles. The molecular formula is C15H16BrNO. The van der Waals surface area contributed by atoms with E-state index in [-0.39, 0.29) is 0 Å². The largest absolute Gasteiger partial charge is 0.457 e. The Balaban J connectivity index is 2.36. The highest BCUT2D eigenvalue weighted by Crippen LogP contribution is 2.31. The van der Waals surface area contributed by atoms with Crippen molar-refractivity contribution >= 4 is 15.9 Å². The van der Waals surface area contributed by atoms with Crippen LogP contribution in [0.25, 0.3) is 0 Å². The normalized spacial score (nSPS) is 10.4. The summed E-state index contributed by atoms with van der Waals surface area (Å²) >= 11 is 3.49. The summed E-state index contributed by atoms with van der Waals surface area (Å²) in [5.41, 5.74) is 9.12. The van der Waals surface area contributed by atoms with Crippen LogP contribution in [0.15, 0.2) is 40.9 Å². The minimum atomic E-state index is 0.446. The molecule has 94 valence electrons. The molecule has 2 rings (SSSR count). The van der Waals surface area contributed by atoms with Crippen LogP contribution in [0.1, 0.15) is 16.7 Å². The van der Waals surface area contributed by atoms with Gasteiger partial charge in [-0.25, -0.2) is 0 Å². The smallest absolute Gasteiger partial charge is 0.133 e. The van der Waals surface area contributed by atoms with Crippen molar-refractivity contribution < 1.29 is 4.74 Å². The first-order chi connectivity index (χ1) is 8.60. The van der Waals surface area contributed by atoms with Crippen LogP contribution in [0.5, 0.6) is 11.5 Å². The molecule has 0 aliphatic carbocycles. The second-order valence-corrected chi connectivity index (χ2v) is 5.20. The highest BCUT2D eigenvalue weighted by Gasteiger charge is 2.07. The van der Waals surface area contributed by atoms with Crippen LogP contribution in [0.3, 0.4) is 0 Å². The molecule has 0 amide bonds. The lowest BCUT2D eigenvalue weighted by Gasteiger charge is -2.12. The van der Waals surface area contributed by atoms with Gasteiger partial charge in [0.15, 0.2) is 0 Å². The molecule has 0 bridgehead atoms. The SMILES string of the molecule is Cc1cc(C)cc(Oc2cccc(Br)c2CN)c1. The van der Waals surface area contributed by atoms with Gasteiger partial charge in [0.1, 0.15) is 11.5 Å². The predicted molar refractivity (Wildman–Crippen MR) is 78.0 cm³/mol. The summed E-state index contributed by atoms with van der Waals surface area (Å²) in [6, 6.07) is 12.0. The van der Waals surface area contributed by atoms with Crippen LogP contribution in [0.4, 0.5) is 0 Å². The van der Waals surface area contributed by atoms with E-state index >= 15 is 0 Å². The summed E-state index contributed by atoms with van der Waals surface area (Å²) in [6.07, 6.45) is 0. The van der Waals surface area contributed by atoms with Crippen molar-refractivity contribution in [3.8, 4) is 11.5 Å². The predicted octanol–water partition coefficient (Wildman–Crippen LogP) is 4.32. The molecule has 2 nitrogen and oxygen atoms in total. The summed E-state index contributed by atoms with van der Waals surface area (Å²) in [5, 5.41) is 0. The van der Waals surface area contributed by atoms with E-state index < -0.39 is 0 Å². The third-order valence-electron chi connectivity index (χ3n) is 2.70. The molecule has 0 saturated heterocycles. The topological polar surface area (TPSA) is 35.2 Å². The number of hydrogen-bond acceptors (Lipinski definition) is 2. The monoisotopic (exact) mass is 305 g/mol. The Hall–Kier alpha value is -1.32. The Kier molecular flexibility index (Phi) is 4.04. The molecular weight excluding hydrogens is 290 g/mol. The van der Waals surface area contributed by atoms with Gasteiger partial charge in [-0.15, -0.1) is 0 Å². The molecule has 0 saturated carbocycles. The van der Waals surface area contributed by atoms with Crippen molar-refractivity contribution in [2.75, 3.05) is 0 Å². The number of benzene rings is 2. The van der Waals surface area contributed by atoms with E-state index in [0.29, 0.717) is 6.54 Å². The van der Waals surface area contributed by atoms with Gasteiger partial charge >= 0.3 is 0 Å². The Morgan fingerprint density at radius 3 is 2.39 bits per heavy atom. The van der Waals surface area contributed by atoms with Gasteiger partial charge in [-0.3, -0.25) is 0 Å². The fraction of sp³-hybridized carbons (Fsp3) is 0.200. The van der Waals surface area contributed by atoms with Gasteiger partial charge in [0, 0.05) is 16.6 Å². The lowest BCUT2D eigenvalue weighted by molar-refractivity contribution is 0.475. The van der Waals surface area contributed by atoms with Crippen LogP contribution in [0.2, 0.25) is 0 Å². The number of aryl methyl sites for hydroxylation is 2. The third kappa shape index (κ3) is 2.92. The number of ether oxygens (including phenoxy) is 1. The van der Waals surface area contributed by atoms with Crippen molar-refractivity contribution in [3.63, 3.8) is 0 Å². The zero-order chi connectivity index (χ0) is 13.1. The maximum absolute atomic E-state index is 5.93. The molecule has 0 fully saturated rings. The second kappa shape index (κ2) is 5.55. The van der Waals surface area contributed by atoms with Crippen LogP contribution >= 0.6 is 15.9 Å². The van der Waals surface area contributed by atoms with Crippen LogP contribution in [-0.4, -0.2) is 0 Å². The van der Waals surface area contributed by atoms with Crippen molar-refractivity contribution in [1.82, 2.24) is 0 Å². The van der Waals surface area contributed by atoms with Gasteiger partial charge in [0.25, 0.3) is 0 Å². The second-order valence-electron chi connectivity index (χ2n) is 4.35. The van der Waals surface area contributed by atoms with E-state index in [1.807, 2.05) is 30.3 Å². The van der Waals surface area contributed by atoms with E-state index in [2.05, 4.69) is 35.8 Å². The lowest BCUT2D eigenvalue weighted by atomic mass is 10.1. The fourth-order valence-corrected chi connectivity index (χ4v) is 2.46. The molecule has 0 spiro atoms. The third-order valence-corrected chi connectivity index (χ3v) is 3.45. The Morgan fingerprint density at radius 2 is 1.78 bits per heavy atom. The van der Waals surface area contributed by atoms with E-state index in [1.165, 1.54) is 11.1 Å². The van der Waals surface area contributed by atoms with E-state index in [4.69, 9.17) is 10.5 Å². The summed E-state index contributed by atoms with van der Waals surface area (Å²) in [6.45, 7) is 4.57. The molecule has 0 unspecified atom stereocenters. The van der Waals surface area contributed by atoms with E-state index in [9.17, 15) is 0 Å². The number of halogens is 1. The van der Waals surface area contributed by atoms with Crippen LogP contribution in [0, 0.1) is 13.8 Å². The fourth-order valence-electron chi connectivity index (χ4n) is 1.95. The van der Waals surface area contributed by atoms with Crippen molar-refractivity contribution in [1.29, 1.82) is 0 Å². The molecule has 0 aliphatic rings. The van der Waals surface area contributed by atoms with Gasteiger partial charge in [0.2, 0.25) is 0 Å². The maximum atomic E-state index is 5.93. The Morgan fingerprint density at radius 1 is 1.11 bits per heavy atom. The summed E-state index contributed by atoms with van der Waals surface area (Å²) in [5.74, 6) is 1.65. The van der Waals surface area contributed by atoms with Gasteiger partial charge in [-0.2, -0.15) is 0 Å². The standard InChI is InChI=1S/C15H16BrNO/c1-10-6-11(2)8-12(7-10)18-15-5-3-4-14(16)13(15)9-17/h3-8H,9,17H2,1-2H3. The van der Waals surface area contributed by atoms with Gasteiger partial charge in [-0.1, -0.05) is 28.1 Å². The highest BCUT2D eigenvalue weighted by molar-refractivity contribution is 9.10. The minimum absolute atomic E-state index is 0.446. The first-order valence-corrected chi connectivity index (χ1v) is 6.63. The molecule has 2 aromatic carbocycles. The molecule has 2 N–H and O–H groups in total.